The van der Waals surface area contributed by atoms with Gasteiger partial charge >= 0.3 is 30.2 Å². The molecule has 0 saturated carbocycles. The quantitative estimate of drug-likeness (QED) is 0.0124. The molecule has 474 valence electrons. The summed E-state index contributed by atoms with van der Waals surface area (Å²) in [4.78, 5) is 107. The van der Waals surface area contributed by atoms with Crippen molar-refractivity contribution in [3.63, 3.8) is 0 Å². The maximum absolute atomic E-state index is 14.5. The van der Waals surface area contributed by atoms with Gasteiger partial charge in [-0.15, -0.1) is 5.10 Å². The molecule has 2 aliphatic rings. The number of urea groups is 1. The molecule has 0 spiro atoms. The first-order chi connectivity index (χ1) is 42.1. The SMILES string of the molecule is C=CCOC(=O)Nc1cc(OCCCCCOc2cc(NC(=O)OCc3ccc(NC(=O)[C@H](CCCNC(N)=O)n4cc([C@@H](N)C(C)C)nn4)cc3)c(C(=O)N3CC(=C)C[C@@H]3COC(C)=O)cc2OC)c(OC)cc1C(=O)N1CC(=C)C[C@@H]1COC(C)=O. The summed E-state index contributed by atoms with van der Waals surface area (Å²) in [7, 11) is 2.82. The highest BCUT2D eigenvalue weighted by atomic mass is 16.6. The first-order valence-corrected chi connectivity index (χ1v) is 28.6. The van der Waals surface area contributed by atoms with E-state index in [-0.39, 0.29) is 117 Å². The number of nitrogens with two attached hydrogens (primary N) is 2. The molecular formula is C61H79N11O16. The molecule has 0 unspecified atom stereocenters. The number of rotatable bonds is 31. The van der Waals surface area contributed by atoms with Crippen LogP contribution in [-0.2, 0) is 39.9 Å². The lowest BCUT2D eigenvalue weighted by Crippen LogP contribution is -2.39. The predicted molar refractivity (Wildman–Crippen MR) is 323 cm³/mol. The van der Waals surface area contributed by atoms with Gasteiger partial charge in [0.25, 0.3) is 11.8 Å². The summed E-state index contributed by atoms with van der Waals surface area (Å²) in [6.45, 7) is 18.6. The summed E-state index contributed by atoms with van der Waals surface area (Å²) in [5.74, 6) is -1.52. The fourth-order valence-electron chi connectivity index (χ4n) is 9.55. The number of nitrogens with zero attached hydrogens (tertiary/aromatic N) is 5. The number of likely N-dealkylation sites (tertiary alicyclic amines) is 2. The zero-order valence-corrected chi connectivity index (χ0v) is 50.5. The summed E-state index contributed by atoms with van der Waals surface area (Å²) in [6, 6.07) is 9.50. The molecule has 7 amide bonds. The predicted octanol–water partition coefficient (Wildman–Crippen LogP) is 7.36. The third kappa shape index (κ3) is 19.4. The van der Waals surface area contributed by atoms with Crippen LogP contribution in [0, 0.1) is 5.92 Å². The standard InChI is InChI=1S/C61H79N11O16/c1-10-21-85-60(79)66-47-28-53(51(81-8)26-45(47)57(76)70-30-37(4)24-43(70)34-86-39(6)73)83-22-12-11-13-23-84-54-29-48(46(27-52(54)82-9)58(77)71-31-38(5)25-44(71)35-87-40(7)74)67-61(80)88-33-41-16-18-42(19-17-41)65-56(75)50(15-14-20-64-59(63)78)72-32-49(68-69-72)55(62)36(2)3/h10,16-19,26-29,32,36,43-44,50,55H,1,4-5,11-15,20-25,30-31,33-35,62H2,2-3,6-9H3,(H,65,75)(H,66,79)(H,67,80)(H3,63,64,78)/t43-,44-,50+,55+/m1/s1. The van der Waals surface area contributed by atoms with Gasteiger partial charge in [0.1, 0.15) is 32.5 Å². The van der Waals surface area contributed by atoms with Gasteiger partial charge in [-0.25, -0.2) is 19.1 Å². The fourth-order valence-corrected chi connectivity index (χ4v) is 9.55. The van der Waals surface area contributed by atoms with E-state index >= 15 is 0 Å². The number of methoxy groups -OCH3 is 2. The lowest BCUT2D eigenvalue weighted by molar-refractivity contribution is -0.143. The number of esters is 2. The average Bonchev–Trinajstić information content (AvgIpc) is 1.58. The van der Waals surface area contributed by atoms with Crippen LogP contribution in [0.4, 0.5) is 31.4 Å². The lowest BCUT2D eigenvalue weighted by atomic mass is 10.0. The van der Waals surface area contributed by atoms with Gasteiger partial charge < -0.3 is 69.8 Å². The van der Waals surface area contributed by atoms with Crippen molar-refractivity contribution in [2.75, 3.05) is 82.8 Å². The second kappa shape index (κ2) is 32.7. The van der Waals surface area contributed by atoms with Gasteiger partial charge in [0, 0.05) is 51.3 Å². The molecule has 4 aromatic rings. The van der Waals surface area contributed by atoms with Crippen molar-refractivity contribution >= 4 is 64.9 Å². The number of amides is 7. The zero-order valence-electron chi connectivity index (χ0n) is 50.5. The van der Waals surface area contributed by atoms with Crippen molar-refractivity contribution < 1.29 is 76.3 Å². The molecule has 0 bridgehead atoms. The van der Waals surface area contributed by atoms with E-state index in [1.807, 2.05) is 13.8 Å². The van der Waals surface area contributed by atoms with Gasteiger partial charge in [0.2, 0.25) is 5.91 Å². The van der Waals surface area contributed by atoms with Crippen LogP contribution in [0.25, 0.3) is 0 Å². The minimum absolute atomic E-state index is 0.0264. The molecule has 27 nitrogen and oxygen atoms in total. The molecule has 0 aliphatic carbocycles. The Kier molecular flexibility index (Phi) is 25.1. The summed E-state index contributed by atoms with van der Waals surface area (Å²) in [5, 5.41) is 19.1. The summed E-state index contributed by atoms with van der Waals surface area (Å²) in [5.41, 5.74) is 14.8. The molecule has 2 fully saturated rings. The molecule has 8 N–H and O–H groups in total. The highest BCUT2D eigenvalue weighted by Gasteiger charge is 2.36. The number of ether oxygens (including phenoxy) is 8. The second-order valence-electron chi connectivity index (χ2n) is 21.3. The van der Waals surface area contributed by atoms with E-state index in [9.17, 15) is 38.4 Å². The summed E-state index contributed by atoms with van der Waals surface area (Å²) in [6.07, 6.45) is 4.35. The zero-order chi connectivity index (χ0) is 64.0. The van der Waals surface area contributed by atoms with E-state index in [4.69, 9.17) is 49.4 Å². The number of unbranched alkanes of at least 4 members (excludes halogenated alkanes) is 2. The molecule has 27 heteroatoms. The molecule has 88 heavy (non-hydrogen) atoms. The topological polar surface area (TPSA) is 348 Å². The van der Waals surface area contributed by atoms with Crippen molar-refractivity contribution in [1.29, 1.82) is 0 Å². The van der Waals surface area contributed by atoms with Crippen LogP contribution < -0.4 is 51.7 Å². The number of aromatic nitrogens is 3. The molecule has 2 saturated heterocycles. The van der Waals surface area contributed by atoms with Crippen LogP contribution in [0.1, 0.15) is 117 Å². The monoisotopic (exact) mass is 1220 g/mol. The third-order valence-corrected chi connectivity index (χ3v) is 14.1. The molecule has 3 aromatic carbocycles. The van der Waals surface area contributed by atoms with Gasteiger partial charge in [-0.2, -0.15) is 0 Å². The van der Waals surface area contributed by atoms with E-state index in [1.165, 1.54) is 72.9 Å². The molecular weight excluding hydrogens is 1140 g/mol. The lowest BCUT2D eigenvalue weighted by Gasteiger charge is -2.25. The molecule has 2 aliphatic heterocycles. The van der Waals surface area contributed by atoms with Gasteiger partial charge in [-0.1, -0.05) is 68.2 Å². The number of anilines is 3. The average molecular weight is 1220 g/mol. The Hall–Kier alpha value is -9.66. The largest absolute Gasteiger partial charge is 0.493 e. The van der Waals surface area contributed by atoms with Gasteiger partial charge in [-0.05, 0) is 80.7 Å². The fraction of sp³-hybridized carbons (Fsp3) is 0.443. The number of nitrogens with one attached hydrogen (secondary N) is 4. The number of primary amides is 1. The molecule has 4 atom stereocenters. The van der Waals surface area contributed by atoms with Crippen LogP contribution in [-0.4, -0.2) is 152 Å². The van der Waals surface area contributed by atoms with E-state index in [2.05, 4.69) is 51.3 Å². The third-order valence-electron chi connectivity index (χ3n) is 14.1. The Morgan fingerprint density at radius 3 is 1.70 bits per heavy atom. The molecule has 3 heterocycles. The van der Waals surface area contributed by atoms with Crippen molar-refractivity contribution in [3.05, 3.63) is 114 Å². The Bertz CT molecular complexity index is 3180. The Morgan fingerprint density at radius 1 is 0.705 bits per heavy atom. The van der Waals surface area contributed by atoms with Crippen molar-refractivity contribution in [2.24, 2.45) is 17.4 Å². The Balaban J connectivity index is 1.12. The molecule has 0 radical (unpaired) electrons. The summed E-state index contributed by atoms with van der Waals surface area (Å²) >= 11 is 0. The summed E-state index contributed by atoms with van der Waals surface area (Å²) < 4.78 is 46.5. The van der Waals surface area contributed by atoms with Crippen molar-refractivity contribution in [1.82, 2.24) is 30.1 Å². The maximum Gasteiger partial charge on any atom is 0.411 e. The van der Waals surface area contributed by atoms with E-state index < -0.39 is 72.0 Å². The second-order valence-corrected chi connectivity index (χ2v) is 21.3. The van der Waals surface area contributed by atoms with Gasteiger partial charge in [0.05, 0.1) is 80.0 Å². The van der Waals surface area contributed by atoms with Crippen molar-refractivity contribution in [2.45, 2.75) is 103 Å². The number of hydrogen-bond donors (Lipinski definition) is 6. The highest BCUT2D eigenvalue weighted by Crippen LogP contribution is 2.38. The number of carbonyl (C=O) groups excluding carboxylic acids is 8. The van der Waals surface area contributed by atoms with Crippen LogP contribution in [0.3, 0.4) is 0 Å². The van der Waals surface area contributed by atoms with Crippen LogP contribution in [0.2, 0.25) is 0 Å². The maximum atomic E-state index is 14.5. The first kappa shape index (κ1) is 67.5. The van der Waals surface area contributed by atoms with Crippen LogP contribution in [0.5, 0.6) is 23.0 Å². The Labute approximate surface area is 510 Å². The number of benzene rings is 3. The highest BCUT2D eigenvalue weighted by molar-refractivity contribution is 6.05. The van der Waals surface area contributed by atoms with Gasteiger partial charge in [-0.3, -0.25) is 34.6 Å². The molecule has 1 aromatic heterocycles. The van der Waals surface area contributed by atoms with Gasteiger partial charge in [0.15, 0.2) is 23.0 Å². The number of hydrogen-bond acceptors (Lipinski definition) is 19. The minimum atomic E-state index is -0.918. The van der Waals surface area contributed by atoms with E-state index in [0.717, 1.165) is 11.1 Å². The first-order valence-electron chi connectivity index (χ1n) is 28.6. The van der Waals surface area contributed by atoms with Crippen molar-refractivity contribution in [3.8, 4) is 23.0 Å². The normalized spacial score (nSPS) is 15.1. The van der Waals surface area contributed by atoms with Crippen LogP contribution in [0.15, 0.2) is 91.7 Å². The smallest absolute Gasteiger partial charge is 0.411 e. The van der Waals surface area contributed by atoms with Crippen LogP contribution >= 0.6 is 0 Å². The Morgan fingerprint density at radius 2 is 1.23 bits per heavy atom. The molecule has 6 rings (SSSR count). The van der Waals surface area contributed by atoms with E-state index in [1.54, 1.807) is 30.5 Å². The minimum Gasteiger partial charge on any atom is -0.493 e. The van der Waals surface area contributed by atoms with E-state index in [0.29, 0.717) is 55.5 Å². The number of carbonyl (C=O) groups is 8.